The summed E-state index contributed by atoms with van der Waals surface area (Å²) in [5, 5.41) is 13.0. The molecule has 35 heavy (non-hydrogen) atoms. The lowest BCUT2D eigenvalue weighted by molar-refractivity contribution is 0.0464. The highest BCUT2D eigenvalue weighted by atomic mass is 32.2. The van der Waals surface area contributed by atoms with E-state index in [1.807, 2.05) is 44.2 Å². The van der Waals surface area contributed by atoms with Crippen LogP contribution in [0, 0.1) is 5.92 Å². The molecular formula is C25H36N2O6S2. The van der Waals surface area contributed by atoms with Gasteiger partial charge in [0.2, 0.25) is 10.0 Å². The summed E-state index contributed by atoms with van der Waals surface area (Å²) < 4.78 is 38.6. The van der Waals surface area contributed by atoms with Gasteiger partial charge in [-0.3, -0.25) is 0 Å². The maximum Gasteiger partial charge on any atom is 0.408 e. The number of amides is 1. The minimum atomic E-state index is -3.92. The lowest BCUT2D eigenvalue weighted by atomic mass is 10.2. The molecule has 0 fully saturated rings. The Balaban J connectivity index is 2.31. The van der Waals surface area contributed by atoms with Crippen molar-refractivity contribution in [2.24, 2.45) is 5.92 Å². The van der Waals surface area contributed by atoms with Crippen LogP contribution in [0.5, 0.6) is 5.75 Å². The molecule has 0 aliphatic heterocycles. The molecule has 10 heteroatoms. The monoisotopic (exact) mass is 524 g/mol. The molecule has 0 aromatic heterocycles. The third-order valence-electron chi connectivity index (χ3n) is 4.67. The maximum atomic E-state index is 13.4. The normalized spacial score (nSPS) is 14.0. The number of carbonyl (C=O) groups excluding carboxylic acids is 1. The summed E-state index contributed by atoms with van der Waals surface area (Å²) in [7, 11) is -2.41. The molecule has 2 aromatic carbocycles. The number of aliphatic hydroxyl groups is 1. The van der Waals surface area contributed by atoms with Crippen molar-refractivity contribution in [3.05, 3.63) is 54.6 Å². The Bertz CT molecular complexity index is 1040. The number of hydrogen-bond acceptors (Lipinski definition) is 7. The van der Waals surface area contributed by atoms with E-state index in [1.165, 1.54) is 35.3 Å². The third-order valence-corrected chi connectivity index (χ3v) is 7.75. The van der Waals surface area contributed by atoms with Gasteiger partial charge in [-0.05, 0) is 63.1 Å². The Kier molecular flexibility index (Phi) is 10.4. The van der Waals surface area contributed by atoms with Gasteiger partial charge in [0, 0.05) is 18.0 Å². The van der Waals surface area contributed by atoms with E-state index in [4.69, 9.17) is 9.47 Å². The molecule has 0 radical (unpaired) electrons. The van der Waals surface area contributed by atoms with Crippen LogP contribution in [0.15, 0.2) is 64.4 Å². The quantitative estimate of drug-likeness (QED) is 0.333. The lowest BCUT2D eigenvalue weighted by Gasteiger charge is -2.31. The van der Waals surface area contributed by atoms with Crippen molar-refractivity contribution in [3.63, 3.8) is 0 Å². The zero-order valence-electron chi connectivity index (χ0n) is 21.1. The van der Waals surface area contributed by atoms with E-state index in [-0.39, 0.29) is 23.9 Å². The molecule has 0 unspecified atom stereocenters. The van der Waals surface area contributed by atoms with Crippen molar-refractivity contribution in [1.29, 1.82) is 0 Å². The fraction of sp³-hybridized carbons (Fsp3) is 0.480. The molecule has 8 nitrogen and oxygen atoms in total. The van der Waals surface area contributed by atoms with E-state index in [0.29, 0.717) is 5.75 Å². The van der Waals surface area contributed by atoms with Gasteiger partial charge in [0.15, 0.2) is 0 Å². The Morgan fingerprint density at radius 1 is 1.06 bits per heavy atom. The number of nitrogens with one attached hydrogen (secondary N) is 1. The number of benzene rings is 2. The minimum Gasteiger partial charge on any atom is -0.497 e. The number of alkyl carbamates (subject to hydrolysis) is 1. The summed E-state index contributed by atoms with van der Waals surface area (Å²) in [6.45, 7) is 9.01. The van der Waals surface area contributed by atoms with Crippen molar-refractivity contribution in [2.45, 2.75) is 61.5 Å². The van der Waals surface area contributed by atoms with E-state index in [1.54, 1.807) is 32.9 Å². The predicted octanol–water partition coefficient (Wildman–Crippen LogP) is 4.35. The molecule has 1 amide bonds. The van der Waals surface area contributed by atoms with E-state index in [2.05, 4.69) is 5.32 Å². The molecule has 2 rings (SSSR count). The Hall–Kier alpha value is -2.27. The first kappa shape index (κ1) is 29.0. The van der Waals surface area contributed by atoms with Crippen molar-refractivity contribution in [2.75, 3.05) is 20.2 Å². The number of sulfonamides is 1. The molecule has 0 heterocycles. The molecule has 0 bridgehead atoms. The van der Waals surface area contributed by atoms with Crippen LogP contribution in [-0.2, 0) is 14.8 Å². The van der Waals surface area contributed by atoms with E-state index < -0.39 is 33.2 Å². The summed E-state index contributed by atoms with van der Waals surface area (Å²) in [6, 6.07) is 15.4. The van der Waals surface area contributed by atoms with Crippen LogP contribution in [0.2, 0.25) is 0 Å². The van der Waals surface area contributed by atoms with Gasteiger partial charge in [-0.15, -0.1) is 0 Å². The second-order valence-electron chi connectivity index (χ2n) is 9.46. The zero-order chi connectivity index (χ0) is 26.2. The number of hydrogen-bond donors (Lipinski definition) is 2. The molecule has 0 saturated heterocycles. The smallest absolute Gasteiger partial charge is 0.408 e. The summed E-state index contributed by atoms with van der Waals surface area (Å²) in [5.74, 6) is 0.551. The van der Waals surface area contributed by atoms with Crippen molar-refractivity contribution >= 4 is 27.9 Å². The number of carbonyl (C=O) groups is 1. The van der Waals surface area contributed by atoms with Crippen LogP contribution in [0.3, 0.4) is 0 Å². The molecule has 2 aromatic rings. The summed E-state index contributed by atoms with van der Waals surface area (Å²) in [6.07, 6.45) is -1.92. The zero-order valence-corrected chi connectivity index (χ0v) is 22.7. The molecule has 194 valence electrons. The van der Waals surface area contributed by atoms with Gasteiger partial charge in [-0.2, -0.15) is 4.31 Å². The summed E-state index contributed by atoms with van der Waals surface area (Å²) in [4.78, 5) is 13.4. The van der Waals surface area contributed by atoms with Gasteiger partial charge in [0.05, 0.1) is 18.1 Å². The Morgan fingerprint density at radius 3 is 2.17 bits per heavy atom. The number of aliphatic hydroxyl groups excluding tert-OH is 1. The van der Waals surface area contributed by atoms with Crippen molar-refractivity contribution in [3.8, 4) is 5.75 Å². The number of thioether (sulfide) groups is 1. The first-order valence-corrected chi connectivity index (χ1v) is 13.7. The van der Waals surface area contributed by atoms with E-state index in [9.17, 15) is 18.3 Å². The second-order valence-corrected chi connectivity index (χ2v) is 12.6. The molecule has 0 aliphatic rings. The highest BCUT2D eigenvalue weighted by Crippen LogP contribution is 2.27. The van der Waals surface area contributed by atoms with Crippen LogP contribution in [0.25, 0.3) is 0 Å². The Morgan fingerprint density at radius 2 is 1.66 bits per heavy atom. The maximum absolute atomic E-state index is 13.4. The van der Waals surface area contributed by atoms with Crippen LogP contribution in [0.4, 0.5) is 4.79 Å². The van der Waals surface area contributed by atoms with Crippen molar-refractivity contribution in [1.82, 2.24) is 9.62 Å². The second kappa shape index (κ2) is 12.6. The lowest BCUT2D eigenvalue weighted by Crippen LogP contribution is -2.49. The van der Waals surface area contributed by atoms with Gasteiger partial charge in [-0.1, -0.05) is 43.8 Å². The summed E-state index contributed by atoms with van der Waals surface area (Å²) in [5.41, 5.74) is -0.724. The van der Waals surface area contributed by atoms with Gasteiger partial charge >= 0.3 is 6.09 Å². The van der Waals surface area contributed by atoms with Gasteiger partial charge in [0.1, 0.15) is 16.7 Å². The number of rotatable bonds is 11. The van der Waals surface area contributed by atoms with Gasteiger partial charge < -0.3 is 19.9 Å². The van der Waals surface area contributed by atoms with Crippen LogP contribution >= 0.6 is 11.8 Å². The third kappa shape index (κ3) is 9.36. The largest absolute Gasteiger partial charge is 0.497 e. The molecule has 0 saturated carbocycles. The summed E-state index contributed by atoms with van der Waals surface area (Å²) >= 11 is 1.22. The SMILES string of the molecule is COc1ccc(S(=O)(=O)N(CC(C)C)C[C@@H](O)[C@@H](NC(=O)OC(C)(C)C)Sc2ccccc2)cc1. The van der Waals surface area contributed by atoms with Crippen LogP contribution in [0.1, 0.15) is 34.6 Å². The highest BCUT2D eigenvalue weighted by Gasteiger charge is 2.32. The van der Waals surface area contributed by atoms with Crippen molar-refractivity contribution < 1.29 is 27.8 Å². The fourth-order valence-electron chi connectivity index (χ4n) is 3.15. The van der Waals surface area contributed by atoms with E-state index in [0.717, 1.165) is 4.90 Å². The van der Waals surface area contributed by atoms with Crippen LogP contribution in [-0.4, -0.2) is 61.2 Å². The fourth-order valence-corrected chi connectivity index (χ4v) is 5.78. The molecule has 0 spiro atoms. The number of ether oxygens (including phenoxy) is 2. The minimum absolute atomic E-state index is 0.00858. The van der Waals surface area contributed by atoms with Crippen LogP contribution < -0.4 is 10.1 Å². The highest BCUT2D eigenvalue weighted by molar-refractivity contribution is 8.00. The number of nitrogens with zero attached hydrogens (tertiary/aromatic N) is 1. The molecule has 2 atom stereocenters. The first-order valence-electron chi connectivity index (χ1n) is 11.4. The molecule has 0 aliphatic carbocycles. The average Bonchev–Trinajstić information content (AvgIpc) is 2.77. The number of methoxy groups -OCH3 is 1. The van der Waals surface area contributed by atoms with E-state index >= 15 is 0 Å². The molecule has 2 N–H and O–H groups in total. The predicted molar refractivity (Wildman–Crippen MR) is 138 cm³/mol. The Labute approximate surface area is 213 Å². The van der Waals surface area contributed by atoms with Gasteiger partial charge in [0.25, 0.3) is 0 Å². The molecular weight excluding hydrogens is 488 g/mol. The standard InChI is InChI=1S/C25H36N2O6S2/c1-18(2)16-27(35(30,31)21-14-12-19(32-6)13-15-21)17-22(28)23(26-24(29)33-25(3,4)5)34-20-10-8-7-9-11-20/h7-15,18,22-23,28H,16-17H2,1-6H3,(H,26,29)/t22-,23+/m1/s1. The topological polar surface area (TPSA) is 105 Å². The van der Waals surface area contributed by atoms with Gasteiger partial charge in [-0.25, -0.2) is 13.2 Å². The first-order chi connectivity index (χ1) is 16.3. The average molecular weight is 525 g/mol.